The van der Waals surface area contributed by atoms with Gasteiger partial charge >= 0.3 is 6.18 Å². The Morgan fingerprint density at radius 2 is 1.61 bits per heavy atom. The van der Waals surface area contributed by atoms with Crippen LogP contribution >= 0.6 is 0 Å². The van der Waals surface area contributed by atoms with Crippen LogP contribution in [0.1, 0.15) is 78.1 Å². The second kappa shape index (κ2) is 6.81. The standard InChI is InChI=1S/C15H27F3/c1-3-5-6-7-10-13(9-4-2)14(11-8-12-14)15(16,17)18/h13H,3-12H2,1-2H3. The Labute approximate surface area is 109 Å². The summed E-state index contributed by atoms with van der Waals surface area (Å²) in [7, 11) is 0. The van der Waals surface area contributed by atoms with Crippen molar-refractivity contribution < 1.29 is 13.2 Å². The molecule has 108 valence electrons. The first-order chi connectivity index (χ1) is 8.48. The molecule has 0 heterocycles. The summed E-state index contributed by atoms with van der Waals surface area (Å²) in [6.45, 7) is 4.13. The van der Waals surface area contributed by atoms with Crippen molar-refractivity contribution >= 4 is 0 Å². The predicted molar refractivity (Wildman–Crippen MR) is 69.5 cm³/mol. The lowest BCUT2D eigenvalue weighted by molar-refractivity contribution is -0.273. The Bertz CT molecular complexity index is 228. The molecule has 3 heteroatoms. The molecular formula is C15H27F3. The van der Waals surface area contributed by atoms with E-state index < -0.39 is 11.6 Å². The van der Waals surface area contributed by atoms with Crippen LogP contribution in [-0.2, 0) is 0 Å². The molecule has 1 aliphatic carbocycles. The molecule has 0 aliphatic heterocycles. The highest BCUT2D eigenvalue weighted by atomic mass is 19.4. The molecule has 0 nitrogen and oxygen atoms in total. The van der Waals surface area contributed by atoms with Crippen LogP contribution in [0.3, 0.4) is 0 Å². The Kier molecular flexibility index (Phi) is 6.00. The molecule has 0 radical (unpaired) electrons. The summed E-state index contributed by atoms with van der Waals surface area (Å²) < 4.78 is 39.9. The van der Waals surface area contributed by atoms with Crippen molar-refractivity contribution in [1.29, 1.82) is 0 Å². The van der Waals surface area contributed by atoms with Crippen LogP contribution in [0, 0.1) is 11.3 Å². The SMILES string of the molecule is CCCCCCC(CCC)C1(C(F)(F)F)CCC1. The Morgan fingerprint density at radius 1 is 0.944 bits per heavy atom. The van der Waals surface area contributed by atoms with Crippen molar-refractivity contribution in [1.82, 2.24) is 0 Å². The zero-order chi connectivity index (χ0) is 13.6. The molecule has 0 amide bonds. The van der Waals surface area contributed by atoms with Crippen LogP contribution in [0.2, 0.25) is 0 Å². The fraction of sp³-hybridized carbons (Fsp3) is 1.00. The number of halogens is 3. The molecule has 1 saturated carbocycles. The van der Waals surface area contributed by atoms with Crippen molar-refractivity contribution in [2.75, 3.05) is 0 Å². The van der Waals surface area contributed by atoms with Gasteiger partial charge in [-0.05, 0) is 31.6 Å². The van der Waals surface area contributed by atoms with E-state index >= 15 is 0 Å². The van der Waals surface area contributed by atoms with Crippen molar-refractivity contribution in [2.24, 2.45) is 11.3 Å². The van der Waals surface area contributed by atoms with Gasteiger partial charge in [0.25, 0.3) is 0 Å². The maximum Gasteiger partial charge on any atom is 0.394 e. The first-order valence-corrected chi connectivity index (χ1v) is 7.54. The summed E-state index contributed by atoms with van der Waals surface area (Å²) in [6.07, 6.45) is 4.24. The highest BCUT2D eigenvalue weighted by Gasteiger charge is 2.61. The molecule has 1 atom stereocenters. The second-order valence-corrected chi connectivity index (χ2v) is 5.84. The smallest absolute Gasteiger partial charge is 0.170 e. The highest BCUT2D eigenvalue weighted by molar-refractivity contribution is 4.98. The Hall–Kier alpha value is -0.210. The number of unbranched alkanes of at least 4 members (excludes halogenated alkanes) is 3. The first kappa shape index (κ1) is 15.8. The topological polar surface area (TPSA) is 0 Å². The molecule has 1 fully saturated rings. The van der Waals surface area contributed by atoms with Crippen LogP contribution in [0.15, 0.2) is 0 Å². The molecule has 1 aliphatic rings. The minimum Gasteiger partial charge on any atom is -0.170 e. The Morgan fingerprint density at radius 3 is 2.00 bits per heavy atom. The number of hydrogen-bond donors (Lipinski definition) is 0. The van der Waals surface area contributed by atoms with E-state index in [1.807, 2.05) is 6.92 Å². The summed E-state index contributed by atoms with van der Waals surface area (Å²) in [4.78, 5) is 0. The summed E-state index contributed by atoms with van der Waals surface area (Å²) in [5.74, 6) is -0.131. The molecule has 1 rings (SSSR count). The van der Waals surface area contributed by atoms with Crippen LogP contribution in [0.25, 0.3) is 0 Å². The van der Waals surface area contributed by atoms with Gasteiger partial charge in [-0.3, -0.25) is 0 Å². The van der Waals surface area contributed by atoms with Crippen LogP contribution in [-0.4, -0.2) is 6.18 Å². The van der Waals surface area contributed by atoms with Crippen molar-refractivity contribution in [2.45, 2.75) is 84.2 Å². The third-order valence-electron chi connectivity index (χ3n) is 4.64. The van der Waals surface area contributed by atoms with E-state index in [2.05, 4.69) is 6.92 Å². The van der Waals surface area contributed by atoms with E-state index in [-0.39, 0.29) is 5.92 Å². The van der Waals surface area contributed by atoms with Crippen LogP contribution in [0.5, 0.6) is 0 Å². The van der Waals surface area contributed by atoms with E-state index in [4.69, 9.17) is 0 Å². The molecule has 0 aromatic rings. The van der Waals surface area contributed by atoms with Gasteiger partial charge in [-0.2, -0.15) is 13.2 Å². The lowest BCUT2D eigenvalue weighted by Crippen LogP contribution is -2.49. The molecule has 0 aromatic carbocycles. The quantitative estimate of drug-likeness (QED) is 0.464. The minimum atomic E-state index is -3.99. The average molecular weight is 264 g/mol. The fourth-order valence-electron chi connectivity index (χ4n) is 3.34. The second-order valence-electron chi connectivity index (χ2n) is 5.84. The maximum atomic E-state index is 13.3. The number of hydrogen-bond acceptors (Lipinski definition) is 0. The third-order valence-corrected chi connectivity index (χ3v) is 4.64. The molecule has 0 N–H and O–H groups in total. The lowest BCUT2D eigenvalue weighted by Gasteiger charge is -2.49. The maximum absolute atomic E-state index is 13.3. The lowest BCUT2D eigenvalue weighted by atomic mass is 9.58. The summed E-state index contributed by atoms with van der Waals surface area (Å²) in [6, 6.07) is 0. The monoisotopic (exact) mass is 264 g/mol. The molecule has 0 aromatic heterocycles. The third kappa shape index (κ3) is 3.42. The van der Waals surface area contributed by atoms with Crippen LogP contribution < -0.4 is 0 Å². The summed E-state index contributed by atoms with van der Waals surface area (Å²) in [5, 5.41) is 0. The molecule has 1 unspecified atom stereocenters. The Balaban J connectivity index is 2.58. The molecule has 0 spiro atoms. The van der Waals surface area contributed by atoms with E-state index in [1.165, 1.54) is 0 Å². The van der Waals surface area contributed by atoms with E-state index in [0.29, 0.717) is 12.8 Å². The van der Waals surface area contributed by atoms with E-state index in [9.17, 15) is 13.2 Å². The zero-order valence-electron chi connectivity index (χ0n) is 11.8. The summed E-state index contributed by atoms with van der Waals surface area (Å²) >= 11 is 0. The van der Waals surface area contributed by atoms with E-state index in [1.54, 1.807) is 0 Å². The first-order valence-electron chi connectivity index (χ1n) is 7.54. The van der Waals surface area contributed by atoms with Gasteiger partial charge in [-0.15, -0.1) is 0 Å². The normalized spacial score (nSPS) is 20.5. The minimum absolute atomic E-state index is 0.131. The van der Waals surface area contributed by atoms with Gasteiger partial charge in [0.15, 0.2) is 0 Å². The zero-order valence-corrected chi connectivity index (χ0v) is 11.8. The summed E-state index contributed by atoms with van der Waals surface area (Å²) in [5.41, 5.74) is -1.32. The molecule has 0 saturated heterocycles. The van der Waals surface area contributed by atoms with Gasteiger partial charge in [0, 0.05) is 0 Å². The van der Waals surface area contributed by atoms with E-state index in [0.717, 1.165) is 51.4 Å². The fourth-order valence-corrected chi connectivity index (χ4v) is 3.34. The molecule has 0 bridgehead atoms. The largest absolute Gasteiger partial charge is 0.394 e. The van der Waals surface area contributed by atoms with Gasteiger partial charge in [-0.1, -0.05) is 52.4 Å². The predicted octanol–water partition coefficient (Wildman–Crippen LogP) is 6.11. The number of alkyl halides is 3. The number of rotatable bonds is 8. The van der Waals surface area contributed by atoms with Gasteiger partial charge in [-0.25, -0.2) is 0 Å². The molecule has 18 heavy (non-hydrogen) atoms. The van der Waals surface area contributed by atoms with Gasteiger partial charge in [0.1, 0.15) is 0 Å². The highest BCUT2D eigenvalue weighted by Crippen LogP contribution is 2.59. The average Bonchev–Trinajstić information content (AvgIpc) is 2.20. The van der Waals surface area contributed by atoms with Crippen molar-refractivity contribution in [3.63, 3.8) is 0 Å². The van der Waals surface area contributed by atoms with Gasteiger partial charge in [0.05, 0.1) is 5.41 Å². The van der Waals surface area contributed by atoms with Gasteiger partial charge < -0.3 is 0 Å². The van der Waals surface area contributed by atoms with Crippen molar-refractivity contribution in [3.05, 3.63) is 0 Å². The van der Waals surface area contributed by atoms with Gasteiger partial charge in [0.2, 0.25) is 0 Å². The van der Waals surface area contributed by atoms with Crippen molar-refractivity contribution in [3.8, 4) is 0 Å². The molecular weight excluding hydrogens is 237 g/mol. The van der Waals surface area contributed by atoms with Crippen LogP contribution in [0.4, 0.5) is 13.2 Å².